The number of hydrogen-bond acceptors (Lipinski definition) is 2. The van der Waals surface area contributed by atoms with Crippen molar-refractivity contribution in [3.63, 3.8) is 0 Å². The minimum atomic E-state index is -1.09. The summed E-state index contributed by atoms with van der Waals surface area (Å²) >= 11 is 0. The minimum Gasteiger partial charge on any atom is -0.388 e. The Bertz CT molecular complexity index is 262. The Morgan fingerprint density at radius 3 is 2.56 bits per heavy atom. The molecule has 0 aliphatic heterocycles. The molecule has 2 N–H and O–H groups in total. The minimum absolute atomic E-state index is 0.0219. The second-order valence-electron chi connectivity index (χ2n) is 5.75. The van der Waals surface area contributed by atoms with E-state index in [2.05, 4.69) is 4.72 Å². The van der Waals surface area contributed by atoms with Crippen LogP contribution in [0.3, 0.4) is 0 Å². The van der Waals surface area contributed by atoms with Gasteiger partial charge in [-0.1, -0.05) is 19.8 Å². The van der Waals surface area contributed by atoms with Gasteiger partial charge in [-0.25, -0.2) is 8.93 Å². The zero-order chi connectivity index (χ0) is 12.4. The van der Waals surface area contributed by atoms with Gasteiger partial charge in [0, 0.05) is 6.04 Å². The van der Waals surface area contributed by atoms with E-state index >= 15 is 0 Å². The van der Waals surface area contributed by atoms with Crippen molar-refractivity contribution in [3.05, 3.63) is 0 Å². The second kappa shape index (κ2) is 5.15. The molecule has 0 aromatic carbocycles. The fourth-order valence-corrected chi connectivity index (χ4v) is 3.07. The van der Waals surface area contributed by atoms with E-state index in [1.165, 1.54) is 0 Å². The van der Waals surface area contributed by atoms with Crippen molar-refractivity contribution in [1.82, 2.24) is 4.72 Å². The first-order valence-corrected chi connectivity index (χ1v) is 7.35. The highest BCUT2D eigenvalue weighted by Gasteiger charge is 2.39. The third-order valence-corrected chi connectivity index (χ3v) is 5.03. The van der Waals surface area contributed by atoms with Crippen LogP contribution >= 0.6 is 0 Å². The lowest BCUT2D eigenvalue weighted by molar-refractivity contribution is -0.0224. The van der Waals surface area contributed by atoms with E-state index in [9.17, 15) is 9.32 Å². The Balaban J connectivity index is 2.67. The first kappa shape index (κ1) is 14.1. The quantitative estimate of drug-likeness (QED) is 0.802. The molecule has 3 atom stereocenters. The molecule has 0 saturated heterocycles. The maximum Gasteiger partial charge on any atom is 0.0973 e. The lowest BCUT2D eigenvalue weighted by atomic mass is 9.79. The molecule has 96 valence electrons. The summed E-state index contributed by atoms with van der Waals surface area (Å²) in [5.41, 5.74) is -0.667. The molecule has 4 heteroatoms. The summed E-state index contributed by atoms with van der Waals surface area (Å²) in [6.45, 7) is 7.85. The highest BCUT2D eigenvalue weighted by molar-refractivity contribution is 7.84. The average molecular weight is 247 g/mol. The van der Waals surface area contributed by atoms with E-state index in [4.69, 9.17) is 0 Å². The van der Waals surface area contributed by atoms with Gasteiger partial charge < -0.3 is 5.11 Å². The molecule has 1 rings (SSSR count). The summed E-state index contributed by atoms with van der Waals surface area (Å²) < 4.78 is 14.9. The largest absolute Gasteiger partial charge is 0.388 e. The van der Waals surface area contributed by atoms with E-state index in [1.807, 2.05) is 27.7 Å². The van der Waals surface area contributed by atoms with Crippen LogP contribution in [0.15, 0.2) is 0 Å². The van der Waals surface area contributed by atoms with Gasteiger partial charge in [-0.2, -0.15) is 0 Å². The number of aliphatic hydroxyl groups is 1. The van der Waals surface area contributed by atoms with Crippen LogP contribution in [0.1, 0.15) is 59.8 Å². The Labute approximate surface area is 102 Å². The monoisotopic (exact) mass is 247 g/mol. The standard InChI is InChI=1S/C12H25NO2S/c1-5-12(14)9-7-6-8-10(12)13-16(15)11(2,3)4/h10,13-14H,5-9H2,1-4H3/t10-,12-,16?/m0/s1. The molecule has 1 aliphatic carbocycles. The van der Waals surface area contributed by atoms with E-state index in [-0.39, 0.29) is 10.8 Å². The van der Waals surface area contributed by atoms with Crippen LogP contribution in [0.5, 0.6) is 0 Å². The first-order valence-electron chi connectivity index (χ1n) is 6.20. The molecule has 0 spiro atoms. The molecule has 1 fully saturated rings. The van der Waals surface area contributed by atoms with E-state index in [0.29, 0.717) is 0 Å². The summed E-state index contributed by atoms with van der Waals surface area (Å²) in [6.07, 6.45) is 4.66. The summed E-state index contributed by atoms with van der Waals surface area (Å²) in [5, 5.41) is 10.5. The number of hydrogen-bond donors (Lipinski definition) is 2. The molecular formula is C12H25NO2S. The topological polar surface area (TPSA) is 49.3 Å². The average Bonchev–Trinajstić information content (AvgIpc) is 2.20. The summed E-state index contributed by atoms with van der Waals surface area (Å²) in [4.78, 5) is 0. The summed E-state index contributed by atoms with van der Waals surface area (Å²) in [7, 11) is -1.09. The van der Waals surface area contributed by atoms with Gasteiger partial charge in [0.1, 0.15) is 0 Å². The van der Waals surface area contributed by atoms with Crippen LogP contribution < -0.4 is 4.72 Å². The van der Waals surface area contributed by atoms with Crippen molar-refractivity contribution in [2.45, 2.75) is 76.2 Å². The summed E-state index contributed by atoms with van der Waals surface area (Å²) in [5.74, 6) is 0. The van der Waals surface area contributed by atoms with Crippen LogP contribution in [0, 0.1) is 0 Å². The fourth-order valence-electron chi connectivity index (χ4n) is 2.12. The van der Waals surface area contributed by atoms with Crippen molar-refractivity contribution in [1.29, 1.82) is 0 Å². The smallest absolute Gasteiger partial charge is 0.0973 e. The SMILES string of the molecule is CC[C@]1(O)CCCC[C@@H]1NS(=O)C(C)(C)C. The van der Waals surface area contributed by atoms with Crippen LogP contribution in [-0.4, -0.2) is 25.7 Å². The molecule has 0 radical (unpaired) electrons. The molecule has 1 aliphatic rings. The Morgan fingerprint density at radius 2 is 2.06 bits per heavy atom. The zero-order valence-corrected chi connectivity index (χ0v) is 11.7. The molecule has 0 heterocycles. The molecule has 3 nitrogen and oxygen atoms in total. The number of nitrogens with one attached hydrogen (secondary N) is 1. The van der Waals surface area contributed by atoms with E-state index < -0.39 is 16.6 Å². The molecule has 0 aromatic heterocycles. The molecule has 0 bridgehead atoms. The zero-order valence-electron chi connectivity index (χ0n) is 10.9. The Hall–Kier alpha value is 0.0700. The van der Waals surface area contributed by atoms with Gasteiger partial charge in [-0.3, -0.25) is 0 Å². The van der Waals surface area contributed by atoms with Crippen molar-refractivity contribution >= 4 is 11.0 Å². The number of rotatable bonds is 3. The van der Waals surface area contributed by atoms with Gasteiger partial charge in [0.15, 0.2) is 0 Å². The van der Waals surface area contributed by atoms with Crippen molar-refractivity contribution < 1.29 is 9.32 Å². The molecular weight excluding hydrogens is 222 g/mol. The van der Waals surface area contributed by atoms with Crippen molar-refractivity contribution in [3.8, 4) is 0 Å². The molecule has 0 amide bonds. The predicted molar refractivity (Wildman–Crippen MR) is 68.5 cm³/mol. The Kier molecular flexibility index (Phi) is 4.55. The van der Waals surface area contributed by atoms with Gasteiger partial charge in [0.05, 0.1) is 21.3 Å². The third-order valence-electron chi connectivity index (χ3n) is 3.42. The molecule has 0 aromatic rings. The van der Waals surface area contributed by atoms with Crippen LogP contribution in [0.4, 0.5) is 0 Å². The fraction of sp³-hybridized carbons (Fsp3) is 1.00. The lowest BCUT2D eigenvalue weighted by Gasteiger charge is -2.40. The van der Waals surface area contributed by atoms with Gasteiger partial charge >= 0.3 is 0 Å². The normalized spacial score (nSPS) is 33.7. The maximum atomic E-state index is 12.0. The Morgan fingerprint density at radius 1 is 1.44 bits per heavy atom. The summed E-state index contributed by atoms with van der Waals surface area (Å²) in [6, 6.07) is -0.0219. The molecule has 1 unspecified atom stereocenters. The highest BCUT2D eigenvalue weighted by atomic mass is 32.2. The second-order valence-corrected chi connectivity index (χ2v) is 7.75. The third kappa shape index (κ3) is 3.28. The van der Waals surface area contributed by atoms with Crippen molar-refractivity contribution in [2.75, 3.05) is 0 Å². The van der Waals surface area contributed by atoms with E-state index in [1.54, 1.807) is 0 Å². The van der Waals surface area contributed by atoms with Gasteiger partial charge in [-0.15, -0.1) is 0 Å². The molecule has 16 heavy (non-hydrogen) atoms. The van der Waals surface area contributed by atoms with Crippen molar-refractivity contribution in [2.24, 2.45) is 0 Å². The maximum absolute atomic E-state index is 12.0. The van der Waals surface area contributed by atoms with E-state index in [0.717, 1.165) is 32.1 Å². The predicted octanol–water partition coefficient (Wildman–Crippen LogP) is 2.12. The van der Waals surface area contributed by atoms with Crippen LogP contribution in [0.25, 0.3) is 0 Å². The first-order chi connectivity index (χ1) is 7.29. The van der Waals surface area contributed by atoms with Crippen LogP contribution in [-0.2, 0) is 11.0 Å². The highest BCUT2D eigenvalue weighted by Crippen LogP contribution is 2.31. The van der Waals surface area contributed by atoms with Gasteiger partial charge in [0.25, 0.3) is 0 Å². The van der Waals surface area contributed by atoms with Gasteiger partial charge in [0.2, 0.25) is 0 Å². The van der Waals surface area contributed by atoms with Gasteiger partial charge in [-0.05, 0) is 40.0 Å². The molecule has 1 saturated carbocycles. The lowest BCUT2D eigenvalue weighted by Crippen LogP contribution is -2.54. The van der Waals surface area contributed by atoms with Crippen LogP contribution in [0.2, 0.25) is 0 Å².